The molecule has 1 aromatic rings. The zero-order valence-electron chi connectivity index (χ0n) is 8.45. The van der Waals surface area contributed by atoms with E-state index in [1.807, 2.05) is 22.6 Å². The number of carbonyl (C=O) groups excluding carboxylic acids is 1. The molecule has 0 aromatic heterocycles. The highest BCUT2D eigenvalue weighted by molar-refractivity contribution is 14.1. The van der Waals surface area contributed by atoms with Crippen molar-refractivity contribution in [2.45, 2.75) is 12.0 Å². The second kappa shape index (κ2) is 5.34. The molecule has 94 valence electrons. The maximum absolute atomic E-state index is 13.6. The predicted molar refractivity (Wildman–Crippen MR) is 68.6 cm³/mol. The normalized spacial score (nSPS) is 22.1. The Morgan fingerprint density at radius 1 is 1.41 bits per heavy atom. The number of cyclic esters (lactones) is 1. The second-order valence-corrected chi connectivity index (χ2v) is 4.60. The van der Waals surface area contributed by atoms with Gasteiger partial charge in [0.25, 0.3) is 0 Å². The Morgan fingerprint density at radius 3 is 2.71 bits per heavy atom. The summed E-state index contributed by atoms with van der Waals surface area (Å²) in [6, 6.07) is 5.39. The van der Waals surface area contributed by atoms with Crippen LogP contribution in [0.2, 0.25) is 0 Å². The van der Waals surface area contributed by atoms with Gasteiger partial charge in [-0.2, -0.15) is 0 Å². The first-order valence-electron chi connectivity index (χ1n) is 4.56. The van der Waals surface area contributed by atoms with Crippen LogP contribution in [0.3, 0.4) is 0 Å². The molecule has 1 fully saturated rings. The van der Waals surface area contributed by atoms with Crippen LogP contribution in [-0.4, -0.2) is 18.6 Å². The summed E-state index contributed by atoms with van der Waals surface area (Å²) in [5, 5.41) is 2.15. The molecule has 1 saturated heterocycles. The average Bonchev–Trinajstić information content (AvgIpc) is 2.23. The maximum Gasteiger partial charge on any atom is 0.408 e. The number of hydrogen-bond donors (Lipinski definition) is 1. The fourth-order valence-corrected chi connectivity index (χ4v) is 2.22. The number of nitrogens with one attached hydrogen (secondary N) is 1. The van der Waals surface area contributed by atoms with Crippen molar-refractivity contribution in [2.75, 3.05) is 6.61 Å². The van der Waals surface area contributed by atoms with E-state index >= 15 is 0 Å². The molecule has 17 heavy (non-hydrogen) atoms. The van der Waals surface area contributed by atoms with Crippen molar-refractivity contribution in [1.82, 2.24) is 5.32 Å². The maximum atomic E-state index is 13.6. The van der Waals surface area contributed by atoms with E-state index in [4.69, 9.17) is 0 Å². The number of alkyl halides is 2. The minimum absolute atomic E-state index is 0. The molecule has 1 aliphatic rings. The van der Waals surface area contributed by atoms with E-state index in [0.717, 1.165) is 0 Å². The third-order valence-electron chi connectivity index (χ3n) is 2.30. The molecule has 0 saturated carbocycles. The Balaban J connectivity index is 0.00000144. The van der Waals surface area contributed by atoms with Crippen LogP contribution in [-0.2, 0) is 4.74 Å². The largest absolute Gasteiger partial charge is 0.443 e. The lowest BCUT2D eigenvalue weighted by molar-refractivity contribution is -0.104. The van der Waals surface area contributed by atoms with Gasteiger partial charge in [-0.05, 0) is 34.2 Å². The summed E-state index contributed by atoms with van der Waals surface area (Å²) in [5.41, 5.74) is 0.407. The number of benzene rings is 1. The van der Waals surface area contributed by atoms with Gasteiger partial charge >= 0.3 is 12.0 Å². The van der Waals surface area contributed by atoms with Gasteiger partial charge in [0, 0.05) is 3.57 Å². The van der Waals surface area contributed by atoms with Crippen LogP contribution >= 0.6 is 35.0 Å². The highest BCUT2D eigenvalue weighted by Crippen LogP contribution is 2.36. The van der Waals surface area contributed by atoms with E-state index in [1.165, 1.54) is 0 Å². The average molecular weight is 376 g/mol. The minimum atomic E-state index is -3.09. The molecule has 0 radical (unpaired) electrons. The van der Waals surface area contributed by atoms with E-state index in [1.54, 1.807) is 24.3 Å². The van der Waals surface area contributed by atoms with Crippen LogP contribution in [0.5, 0.6) is 0 Å². The Bertz CT molecular complexity index is 431. The zero-order valence-corrected chi connectivity index (χ0v) is 11.4. The predicted octanol–water partition coefficient (Wildman–Crippen LogP) is 3.13. The highest BCUT2D eigenvalue weighted by Gasteiger charge is 2.47. The molecular weight excluding hydrogens is 366 g/mol. The standard InChI is InChI=1S/C10H8F2INO2.ClH/c11-10(12)5-16-9(15)14-8(10)6-3-1-2-4-7(6)13;/h1-4,8H,5H2,(H,14,15);1H/t8-;/m1./s1. The van der Waals surface area contributed by atoms with Gasteiger partial charge in [0.05, 0.1) is 0 Å². The number of ether oxygens (including phenoxy) is 1. The third kappa shape index (κ3) is 2.98. The van der Waals surface area contributed by atoms with E-state index in [-0.39, 0.29) is 12.4 Å². The number of hydrogen-bond acceptors (Lipinski definition) is 2. The van der Waals surface area contributed by atoms with Crippen molar-refractivity contribution >= 4 is 41.1 Å². The minimum Gasteiger partial charge on any atom is -0.443 e. The third-order valence-corrected chi connectivity index (χ3v) is 3.28. The summed E-state index contributed by atoms with van der Waals surface area (Å²) in [7, 11) is 0. The van der Waals surface area contributed by atoms with Crippen LogP contribution in [0, 0.1) is 3.57 Å². The topological polar surface area (TPSA) is 38.3 Å². The second-order valence-electron chi connectivity index (χ2n) is 3.44. The van der Waals surface area contributed by atoms with Gasteiger partial charge < -0.3 is 10.1 Å². The van der Waals surface area contributed by atoms with Gasteiger partial charge in [0.15, 0.2) is 6.61 Å². The number of carbonyl (C=O) groups is 1. The van der Waals surface area contributed by atoms with Crippen LogP contribution in [0.25, 0.3) is 0 Å². The van der Waals surface area contributed by atoms with E-state index < -0.39 is 24.7 Å². The molecule has 0 bridgehead atoms. The Labute approximate surface area is 116 Å². The fraction of sp³-hybridized carbons (Fsp3) is 0.300. The molecule has 1 aliphatic heterocycles. The fourth-order valence-electron chi connectivity index (χ4n) is 1.52. The monoisotopic (exact) mass is 375 g/mol. The number of halogens is 4. The number of alkyl carbamates (subject to hydrolysis) is 1. The lowest BCUT2D eigenvalue weighted by Gasteiger charge is -2.32. The zero-order chi connectivity index (χ0) is 11.8. The number of amides is 1. The first-order valence-corrected chi connectivity index (χ1v) is 5.64. The molecule has 3 nitrogen and oxygen atoms in total. The van der Waals surface area contributed by atoms with E-state index in [0.29, 0.717) is 9.13 Å². The molecule has 1 N–H and O–H groups in total. The van der Waals surface area contributed by atoms with Gasteiger partial charge in [-0.3, -0.25) is 0 Å². The Kier molecular flexibility index (Phi) is 4.54. The Morgan fingerprint density at radius 2 is 2.06 bits per heavy atom. The summed E-state index contributed by atoms with van der Waals surface area (Å²) < 4.78 is 32.1. The van der Waals surface area contributed by atoms with Crippen molar-refractivity contribution in [3.63, 3.8) is 0 Å². The summed E-state index contributed by atoms with van der Waals surface area (Å²) >= 11 is 1.96. The van der Waals surface area contributed by atoms with Crippen molar-refractivity contribution in [3.05, 3.63) is 33.4 Å². The quantitative estimate of drug-likeness (QED) is 0.766. The van der Waals surface area contributed by atoms with Crippen molar-refractivity contribution in [2.24, 2.45) is 0 Å². The van der Waals surface area contributed by atoms with Crippen molar-refractivity contribution in [1.29, 1.82) is 0 Å². The SMILES string of the molecule is Cl.O=C1N[C@H](c2ccccc2I)C(F)(F)CO1. The molecule has 1 atom stereocenters. The van der Waals surface area contributed by atoms with Gasteiger partial charge in [0.2, 0.25) is 0 Å². The first-order chi connectivity index (χ1) is 7.50. The molecule has 1 amide bonds. The molecule has 1 heterocycles. The van der Waals surface area contributed by atoms with E-state index in [9.17, 15) is 13.6 Å². The lowest BCUT2D eigenvalue weighted by atomic mass is 10.0. The number of rotatable bonds is 1. The molecule has 2 rings (SSSR count). The molecule has 0 spiro atoms. The van der Waals surface area contributed by atoms with Gasteiger partial charge in [-0.1, -0.05) is 18.2 Å². The molecular formula is C10H9ClF2INO2. The summed E-state index contributed by atoms with van der Waals surface area (Å²) in [4.78, 5) is 11.0. The molecule has 7 heteroatoms. The van der Waals surface area contributed by atoms with Crippen LogP contribution in [0.1, 0.15) is 11.6 Å². The van der Waals surface area contributed by atoms with Crippen molar-refractivity contribution < 1.29 is 18.3 Å². The van der Waals surface area contributed by atoms with Gasteiger partial charge in [-0.25, -0.2) is 13.6 Å². The van der Waals surface area contributed by atoms with Crippen LogP contribution in [0.15, 0.2) is 24.3 Å². The smallest absolute Gasteiger partial charge is 0.408 e. The summed E-state index contributed by atoms with van der Waals surface area (Å²) in [6.45, 7) is -0.880. The highest BCUT2D eigenvalue weighted by atomic mass is 127. The summed E-state index contributed by atoms with van der Waals surface area (Å²) in [6.07, 6.45) is -0.810. The Hall–Kier alpha value is -0.630. The van der Waals surface area contributed by atoms with Crippen LogP contribution < -0.4 is 5.32 Å². The lowest BCUT2D eigenvalue weighted by Crippen LogP contribution is -2.49. The summed E-state index contributed by atoms with van der Waals surface area (Å²) in [5.74, 6) is -3.09. The van der Waals surface area contributed by atoms with Gasteiger partial charge in [0.1, 0.15) is 6.04 Å². The first kappa shape index (κ1) is 14.4. The molecule has 1 aromatic carbocycles. The van der Waals surface area contributed by atoms with Crippen molar-refractivity contribution in [3.8, 4) is 0 Å². The molecule has 0 aliphatic carbocycles. The van der Waals surface area contributed by atoms with Crippen LogP contribution in [0.4, 0.5) is 13.6 Å². The van der Waals surface area contributed by atoms with Gasteiger partial charge in [-0.15, -0.1) is 12.4 Å². The van der Waals surface area contributed by atoms with E-state index in [2.05, 4.69) is 10.1 Å². The molecule has 0 unspecified atom stereocenters.